The Hall–Kier alpha value is -3.99. The number of anilines is 1. The van der Waals surface area contributed by atoms with Gasteiger partial charge in [-0.1, -0.05) is 29.4 Å². The molecule has 1 aromatic carbocycles. The van der Waals surface area contributed by atoms with Crippen LogP contribution in [0.2, 0.25) is 0 Å². The van der Waals surface area contributed by atoms with Gasteiger partial charge in [-0.15, -0.1) is 0 Å². The van der Waals surface area contributed by atoms with Crippen molar-refractivity contribution in [2.45, 2.75) is 31.0 Å². The van der Waals surface area contributed by atoms with Crippen LogP contribution >= 0.6 is 0 Å². The van der Waals surface area contributed by atoms with Crippen molar-refractivity contribution >= 4 is 5.82 Å². The van der Waals surface area contributed by atoms with Crippen LogP contribution in [-0.2, 0) is 12.0 Å². The van der Waals surface area contributed by atoms with Gasteiger partial charge in [0, 0.05) is 50.2 Å². The molecule has 1 saturated heterocycles. The summed E-state index contributed by atoms with van der Waals surface area (Å²) in [6.07, 6.45) is -0.630. The number of nitrogens with zero attached hydrogens (tertiary/aromatic N) is 6. The van der Waals surface area contributed by atoms with Gasteiger partial charge in [0.2, 0.25) is 5.82 Å². The molecule has 0 amide bonds. The molecule has 2 fully saturated rings. The molecule has 1 saturated carbocycles. The molecule has 0 N–H and O–H groups in total. The number of rotatable bonds is 6. The van der Waals surface area contributed by atoms with Gasteiger partial charge in [-0.3, -0.25) is 4.79 Å². The summed E-state index contributed by atoms with van der Waals surface area (Å²) in [5, 5.41) is 4.01. The van der Waals surface area contributed by atoms with E-state index in [0.717, 1.165) is 37.6 Å². The Kier molecular flexibility index (Phi) is 6.25. The van der Waals surface area contributed by atoms with Gasteiger partial charge in [0.05, 0.1) is 17.5 Å². The molecular weight excluding hydrogens is 509 g/mol. The van der Waals surface area contributed by atoms with Crippen LogP contribution in [0.3, 0.4) is 0 Å². The Labute approximate surface area is 222 Å². The number of pyridine rings is 2. The summed E-state index contributed by atoms with van der Waals surface area (Å²) in [5.41, 5.74) is 0.395. The molecule has 0 bridgehead atoms. The molecule has 202 valence electrons. The zero-order valence-corrected chi connectivity index (χ0v) is 21.4. The lowest BCUT2D eigenvalue weighted by atomic mass is 9.94. The molecule has 11 heteroatoms. The molecule has 0 spiro atoms. The lowest BCUT2D eigenvalue weighted by Crippen LogP contribution is -2.44. The minimum Gasteiger partial charge on any atom is -0.354 e. The van der Waals surface area contributed by atoms with Gasteiger partial charge in [-0.05, 0) is 49.2 Å². The summed E-state index contributed by atoms with van der Waals surface area (Å²) < 4.78 is 47.3. The Morgan fingerprint density at radius 2 is 1.69 bits per heavy atom. The Balaban J connectivity index is 1.20. The van der Waals surface area contributed by atoms with Crippen molar-refractivity contribution in [1.29, 1.82) is 0 Å². The van der Waals surface area contributed by atoms with Crippen LogP contribution in [-0.4, -0.2) is 64.0 Å². The number of piperazine rings is 1. The number of alkyl halides is 3. The van der Waals surface area contributed by atoms with Gasteiger partial charge < -0.3 is 18.9 Å². The minimum atomic E-state index is -4.26. The number of hydrogen-bond acceptors (Lipinski definition) is 7. The van der Waals surface area contributed by atoms with Crippen molar-refractivity contribution in [1.82, 2.24) is 24.6 Å². The highest BCUT2D eigenvalue weighted by molar-refractivity contribution is 5.60. The van der Waals surface area contributed by atoms with E-state index < -0.39 is 11.6 Å². The van der Waals surface area contributed by atoms with Gasteiger partial charge in [-0.2, -0.15) is 18.2 Å². The second kappa shape index (κ2) is 9.64. The average molecular weight is 537 g/mol. The number of halogens is 3. The first-order chi connectivity index (χ1) is 18.7. The van der Waals surface area contributed by atoms with Crippen molar-refractivity contribution in [3.63, 3.8) is 0 Å². The molecule has 8 nitrogen and oxygen atoms in total. The number of aromatic nitrogens is 4. The first kappa shape index (κ1) is 25.3. The number of hydrogen-bond donors (Lipinski definition) is 0. The lowest BCUT2D eigenvalue weighted by molar-refractivity contribution is -0.160. The van der Waals surface area contributed by atoms with Gasteiger partial charge in [0.25, 0.3) is 11.4 Å². The van der Waals surface area contributed by atoms with E-state index >= 15 is 0 Å². The SMILES string of the molecule is CN1CCN(c2cc(Cn3cc(-c4nc(-c5ccc(C6(C(F)(F)F)CC6)cc5)no4)ccc3=O)ccn2)CC1. The summed E-state index contributed by atoms with van der Waals surface area (Å²) in [6.45, 7) is 4.08. The zero-order chi connectivity index (χ0) is 27.2. The summed E-state index contributed by atoms with van der Waals surface area (Å²) in [4.78, 5) is 26.1. The van der Waals surface area contributed by atoms with E-state index in [1.165, 1.54) is 18.2 Å². The Morgan fingerprint density at radius 1 is 0.974 bits per heavy atom. The average Bonchev–Trinajstić information content (AvgIpc) is 3.62. The molecule has 4 aromatic rings. The maximum atomic E-state index is 13.4. The topological polar surface area (TPSA) is 80.3 Å². The molecule has 1 aliphatic heterocycles. The molecule has 0 atom stereocenters. The quantitative estimate of drug-likeness (QED) is 0.362. The summed E-state index contributed by atoms with van der Waals surface area (Å²) >= 11 is 0. The Bertz CT molecular complexity index is 1530. The predicted octanol–water partition coefficient (Wildman–Crippen LogP) is 4.35. The fraction of sp³-hybridized carbons (Fsp3) is 0.357. The van der Waals surface area contributed by atoms with E-state index in [4.69, 9.17) is 4.52 Å². The van der Waals surface area contributed by atoms with Gasteiger partial charge in [0.15, 0.2) is 0 Å². The lowest BCUT2D eigenvalue weighted by Gasteiger charge is -2.33. The highest BCUT2D eigenvalue weighted by Crippen LogP contribution is 2.58. The summed E-state index contributed by atoms with van der Waals surface area (Å²) in [6, 6.07) is 13.1. The standard InChI is InChI=1S/C28H27F3N6O2/c1-35-12-14-36(15-13-35)23-16-19(8-11-32-23)17-37-18-21(4-7-24(37)38)26-33-25(34-39-26)20-2-5-22(6-3-20)27(9-10-27)28(29,30)31/h2-8,11,16,18H,9-10,12-15,17H2,1H3. The number of likely N-dealkylation sites (N-methyl/N-ethyl adjacent to an activating group) is 1. The second-order valence-corrected chi connectivity index (χ2v) is 10.3. The molecule has 6 rings (SSSR count). The third-order valence-corrected chi connectivity index (χ3v) is 7.63. The fourth-order valence-corrected chi connectivity index (χ4v) is 5.00. The molecule has 0 radical (unpaired) electrons. The highest BCUT2D eigenvalue weighted by Gasteiger charge is 2.64. The van der Waals surface area contributed by atoms with Crippen molar-refractivity contribution in [2.75, 3.05) is 38.1 Å². The van der Waals surface area contributed by atoms with Crippen LogP contribution in [0.25, 0.3) is 22.8 Å². The highest BCUT2D eigenvalue weighted by atomic mass is 19.4. The van der Waals surface area contributed by atoms with Crippen LogP contribution in [0.4, 0.5) is 19.0 Å². The largest absolute Gasteiger partial charge is 0.398 e. The maximum Gasteiger partial charge on any atom is 0.398 e. The van der Waals surface area contributed by atoms with E-state index in [1.54, 1.807) is 35.2 Å². The van der Waals surface area contributed by atoms with Crippen LogP contribution < -0.4 is 10.5 Å². The van der Waals surface area contributed by atoms with Crippen molar-refractivity contribution in [2.24, 2.45) is 0 Å². The van der Waals surface area contributed by atoms with Gasteiger partial charge in [0.1, 0.15) is 5.82 Å². The molecule has 39 heavy (non-hydrogen) atoms. The minimum absolute atomic E-state index is 0.106. The smallest absolute Gasteiger partial charge is 0.354 e. The van der Waals surface area contributed by atoms with E-state index in [-0.39, 0.29) is 35.7 Å². The molecule has 4 heterocycles. The van der Waals surface area contributed by atoms with E-state index in [2.05, 4.69) is 32.0 Å². The van der Waals surface area contributed by atoms with Crippen molar-refractivity contribution < 1.29 is 17.7 Å². The first-order valence-electron chi connectivity index (χ1n) is 12.8. The second-order valence-electron chi connectivity index (χ2n) is 10.3. The monoisotopic (exact) mass is 536 g/mol. The van der Waals surface area contributed by atoms with Crippen molar-refractivity contribution in [3.05, 3.63) is 82.4 Å². The third kappa shape index (κ3) is 4.94. The predicted molar refractivity (Wildman–Crippen MR) is 139 cm³/mol. The molecule has 2 aliphatic rings. The maximum absolute atomic E-state index is 13.4. The molecular formula is C28H27F3N6O2. The van der Waals surface area contributed by atoms with Crippen LogP contribution in [0, 0.1) is 0 Å². The van der Waals surface area contributed by atoms with E-state index in [9.17, 15) is 18.0 Å². The summed E-state index contributed by atoms with van der Waals surface area (Å²) in [5.74, 6) is 1.36. The molecule has 3 aromatic heterocycles. The van der Waals surface area contributed by atoms with E-state index in [1.807, 2.05) is 12.1 Å². The van der Waals surface area contributed by atoms with Gasteiger partial charge in [-0.25, -0.2) is 4.98 Å². The normalized spacial score (nSPS) is 17.4. The fourth-order valence-electron chi connectivity index (χ4n) is 5.00. The van der Waals surface area contributed by atoms with Crippen LogP contribution in [0.5, 0.6) is 0 Å². The molecule has 1 aliphatic carbocycles. The van der Waals surface area contributed by atoms with Gasteiger partial charge >= 0.3 is 6.18 Å². The first-order valence-corrected chi connectivity index (χ1v) is 12.8. The zero-order valence-electron chi connectivity index (χ0n) is 21.4. The third-order valence-electron chi connectivity index (χ3n) is 7.63. The van der Waals surface area contributed by atoms with E-state index in [0.29, 0.717) is 17.7 Å². The number of benzene rings is 1. The summed E-state index contributed by atoms with van der Waals surface area (Å²) in [7, 11) is 2.10. The van der Waals surface area contributed by atoms with Crippen LogP contribution in [0.15, 0.2) is 70.2 Å². The Morgan fingerprint density at radius 3 is 2.38 bits per heavy atom. The molecule has 0 unspecified atom stereocenters. The van der Waals surface area contributed by atoms with Crippen LogP contribution in [0.1, 0.15) is 24.0 Å². The van der Waals surface area contributed by atoms with Crippen molar-refractivity contribution in [3.8, 4) is 22.8 Å².